The van der Waals surface area contributed by atoms with Crippen LogP contribution in [0.3, 0.4) is 0 Å². The van der Waals surface area contributed by atoms with Gasteiger partial charge in [-0.25, -0.2) is 5.01 Å². The molecule has 0 N–H and O–H groups in total. The van der Waals surface area contributed by atoms with E-state index in [0.717, 1.165) is 55.0 Å². The Hall–Kier alpha value is -3.36. The van der Waals surface area contributed by atoms with Crippen LogP contribution in [0.1, 0.15) is 29.2 Å². The molecule has 5 rings (SSSR count). The van der Waals surface area contributed by atoms with Gasteiger partial charge in [-0.1, -0.05) is 40.2 Å². The number of hydrogen-bond donors (Lipinski definition) is 0. The van der Waals surface area contributed by atoms with E-state index in [9.17, 15) is 4.79 Å². The standard InChI is InChI=1S/C27H22BrN3O3S/c1-33-21-11-5-18(6-12-21)23-16-24(19-7-13-22(34-2)14-8-19)31(30-23)26-25(35-27(32)29-26)15-17-3-9-20(28)10-4-17/h3-15,24H,16H2,1-2H3/b25-15-. The lowest BCUT2D eigenvalue weighted by Gasteiger charge is -2.24. The molecule has 1 unspecified atom stereocenters. The molecule has 0 aromatic heterocycles. The molecule has 0 saturated carbocycles. The molecule has 2 aliphatic heterocycles. The van der Waals surface area contributed by atoms with Crippen molar-refractivity contribution in [1.29, 1.82) is 0 Å². The molecule has 35 heavy (non-hydrogen) atoms. The fourth-order valence-corrected chi connectivity index (χ4v) is 5.03. The number of nitrogens with zero attached hydrogens (tertiary/aromatic N) is 3. The van der Waals surface area contributed by atoms with Gasteiger partial charge >= 0.3 is 5.24 Å². The SMILES string of the molecule is COc1ccc(C2=NN(C3=NC(=O)S/C3=C\c3ccc(Br)cc3)C(c3ccc(OC)cc3)C2)cc1. The number of ether oxygens (including phenoxy) is 2. The van der Waals surface area contributed by atoms with Gasteiger partial charge in [0.15, 0.2) is 5.84 Å². The van der Waals surface area contributed by atoms with Crippen LogP contribution < -0.4 is 9.47 Å². The number of hydrazone groups is 1. The van der Waals surface area contributed by atoms with Crippen LogP contribution in [-0.2, 0) is 0 Å². The largest absolute Gasteiger partial charge is 0.497 e. The Morgan fingerprint density at radius 1 is 0.943 bits per heavy atom. The Bertz CT molecular complexity index is 1330. The van der Waals surface area contributed by atoms with Gasteiger partial charge in [0, 0.05) is 10.9 Å². The van der Waals surface area contributed by atoms with Crippen LogP contribution in [0.4, 0.5) is 4.79 Å². The molecular weight excluding hydrogens is 526 g/mol. The van der Waals surface area contributed by atoms with E-state index in [1.54, 1.807) is 14.2 Å². The average molecular weight is 548 g/mol. The summed E-state index contributed by atoms with van der Waals surface area (Å²) in [6.45, 7) is 0. The summed E-state index contributed by atoms with van der Waals surface area (Å²) < 4.78 is 11.6. The highest BCUT2D eigenvalue weighted by Crippen LogP contribution is 2.40. The van der Waals surface area contributed by atoms with Crippen molar-refractivity contribution in [3.8, 4) is 11.5 Å². The highest BCUT2D eigenvalue weighted by atomic mass is 79.9. The summed E-state index contributed by atoms with van der Waals surface area (Å²) in [6.07, 6.45) is 2.65. The van der Waals surface area contributed by atoms with Crippen molar-refractivity contribution in [1.82, 2.24) is 5.01 Å². The molecule has 0 bridgehead atoms. The van der Waals surface area contributed by atoms with Crippen LogP contribution in [0.15, 0.2) is 92.3 Å². The lowest BCUT2D eigenvalue weighted by molar-refractivity contribution is 0.267. The number of methoxy groups -OCH3 is 2. The first-order chi connectivity index (χ1) is 17.0. The molecule has 6 nitrogen and oxygen atoms in total. The zero-order valence-electron chi connectivity index (χ0n) is 19.1. The van der Waals surface area contributed by atoms with Crippen LogP contribution >= 0.6 is 27.7 Å². The number of carbonyl (C=O) groups is 1. The minimum Gasteiger partial charge on any atom is -0.497 e. The van der Waals surface area contributed by atoms with Gasteiger partial charge in [-0.05, 0) is 83.1 Å². The Labute approximate surface area is 216 Å². The monoisotopic (exact) mass is 547 g/mol. The Morgan fingerprint density at radius 3 is 2.20 bits per heavy atom. The number of amides is 1. The number of amidine groups is 1. The highest BCUT2D eigenvalue weighted by molar-refractivity contribution is 9.10. The predicted molar refractivity (Wildman–Crippen MR) is 144 cm³/mol. The van der Waals surface area contributed by atoms with Gasteiger partial charge in [0.25, 0.3) is 0 Å². The zero-order chi connectivity index (χ0) is 24.4. The van der Waals surface area contributed by atoms with E-state index in [-0.39, 0.29) is 11.3 Å². The first kappa shape index (κ1) is 23.4. The lowest BCUT2D eigenvalue weighted by atomic mass is 9.98. The molecule has 8 heteroatoms. The molecule has 2 heterocycles. The molecule has 0 saturated heterocycles. The lowest BCUT2D eigenvalue weighted by Crippen LogP contribution is -2.26. The third-order valence-electron chi connectivity index (χ3n) is 5.83. The summed E-state index contributed by atoms with van der Waals surface area (Å²) in [6, 6.07) is 23.6. The smallest absolute Gasteiger partial charge is 0.311 e. The van der Waals surface area contributed by atoms with E-state index in [2.05, 4.69) is 20.9 Å². The van der Waals surface area contributed by atoms with E-state index in [1.165, 1.54) is 0 Å². The molecule has 0 aliphatic carbocycles. The van der Waals surface area contributed by atoms with Crippen LogP contribution in [0.5, 0.6) is 11.5 Å². The number of carbonyl (C=O) groups excluding carboxylic acids is 1. The van der Waals surface area contributed by atoms with Crippen LogP contribution in [0, 0.1) is 0 Å². The summed E-state index contributed by atoms with van der Waals surface area (Å²) in [5.41, 5.74) is 3.97. The minimum absolute atomic E-state index is 0.114. The molecule has 0 spiro atoms. The Kier molecular flexibility index (Phi) is 6.74. The van der Waals surface area contributed by atoms with Crippen LogP contribution in [0.25, 0.3) is 6.08 Å². The fourth-order valence-electron chi connectivity index (χ4n) is 4.02. The molecule has 0 radical (unpaired) electrons. The zero-order valence-corrected chi connectivity index (χ0v) is 21.5. The molecule has 0 fully saturated rings. The van der Waals surface area contributed by atoms with Gasteiger partial charge in [0.1, 0.15) is 11.5 Å². The van der Waals surface area contributed by atoms with Gasteiger partial charge < -0.3 is 9.47 Å². The maximum absolute atomic E-state index is 12.4. The van der Waals surface area contributed by atoms with E-state index in [1.807, 2.05) is 83.9 Å². The molecular formula is C27H22BrN3O3S. The molecule has 176 valence electrons. The highest BCUT2D eigenvalue weighted by Gasteiger charge is 2.36. The second-order valence-corrected chi connectivity index (χ2v) is 9.89. The van der Waals surface area contributed by atoms with E-state index in [0.29, 0.717) is 12.3 Å². The Balaban J connectivity index is 1.54. The van der Waals surface area contributed by atoms with Crippen molar-refractivity contribution in [2.75, 3.05) is 14.2 Å². The normalized spacial score (nSPS) is 18.6. The third kappa shape index (κ3) is 5.04. The second-order valence-electron chi connectivity index (χ2n) is 7.98. The van der Waals surface area contributed by atoms with Crippen molar-refractivity contribution >= 4 is 50.6 Å². The minimum atomic E-state index is -0.245. The van der Waals surface area contributed by atoms with Gasteiger partial charge in [-0.3, -0.25) is 4.79 Å². The molecule has 3 aromatic carbocycles. The quantitative estimate of drug-likeness (QED) is 0.346. The van der Waals surface area contributed by atoms with Gasteiger partial charge in [-0.2, -0.15) is 10.1 Å². The number of benzene rings is 3. The maximum Gasteiger partial charge on any atom is 0.311 e. The Morgan fingerprint density at radius 2 is 1.57 bits per heavy atom. The summed E-state index contributed by atoms with van der Waals surface area (Å²) in [4.78, 5) is 17.6. The van der Waals surface area contributed by atoms with E-state index >= 15 is 0 Å². The fraction of sp³-hybridized carbons (Fsp3) is 0.148. The molecule has 1 atom stereocenters. The average Bonchev–Trinajstić information content (AvgIpc) is 3.49. The second kappa shape index (κ2) is 10.1. The van der Waals surface area contributed by atoms with E-state index in [4.69, 9.17) is 14.6 Å². The molecule has 2 aliphatic rings. The number of halogens is 1. The first-order valence-corrected chi connectivity index (χ1v) is 12.6. The van der Waals surface area contributed by atoms with Crippen LogP contribution in [0.2, 0.25) is 0 Å². The summed E-state index contributed by atoms with van der Waals surface area (Å²) in [5, 5.41) is 6.60. The predicted octanol–water partition coefficient (Wildman–Crippen LogP) is 6.92. The molecule has 3 aromatic rings. The van der Waals surface area contributed by atoms with Gasteiger partial charge in [0.2, 0.25) is 0 Å². The van der Waals surface area contributed by atoms with Crippen molar-refractivity contribution < 1.29 is 14.3 Å². The number of hydrogen-bond acceptors (Lipinski definition) is 6. The van der Waals surface area contributed by atoms with Crippen molar-refractivity contribution in [3.63, 3.8) is 0 Å². The first-order valence-electron chi connectivity index (χ1n) is 11.0. The third-order valence-corrected chi connectivity index (χ3v) is 7.15. The van der Waals surface area contributed by atoms with Gasteiger partial charge in [-0.15, -0.1) is 0 Å². The number of aliphatic imine (C=N–C) groups is 1. The van der Waals surface area contributed by atoms with Crippen molar-refractivity contribution in [2.24, 2.45) is 10.1 Å². The van der Waals surface area contributed by atoms with Crippen molar-refractivity contribution in [2.45, 2.75) is 12.5 Å². The number of thioether (sulfide) groups is 1. The molecule has 1 amide bonds. The van der Waals surface area contributed by atoms with Crippen molar-refractivity contribution in [3.05, 3.63) is 98.9 Å². The van der Waals surface area contributed by atoms with Crippen LogP contribution in [-0.4, -0.2) is 36.0 Å². The maximum atomic E-state index is 12.4. The number of rotatable bonds is 5. The summed E-state index contributed by atoms with van der Waals surface area (Å²) >= 11 is 4.59. The summed E-state index contributed by atoms with van der Waals surface area (Å²) in [5.74, 6) is 2.14. The summed E-state index contributed by atoms with van der Waals surface area (Å²) in [7, 11) is 3.30. The van der Waals surface area contributed by atoms with Gasteiger partial charge in [0.05, 0.1) is 30.9 Å². The van der Waals surface area contributed by atoms with E-state index < -0.39 is 0 Å². The topological polar surface area (TPSA) is 63.5 Å².